The monoisotopic (exact) mass is 198 g/mol. The summed E-state index contributed by atoms with van der Waals surface area (Å²) in [5, 5.41) is 0. The Labute approximate surface area is 90.2 Å². The molecule has 1 rings (SSSR count). The van der Waals surface area contributed by atoms with Gasteiger partial charge >= 0.3 is 31.2 Å². The second kappa shape index (κ2) is 5.08. The van der Waals surface area contributed by atoms with Gasteiger partial charge in [0.2, 0.25) is 0 Å². The molecule has 0 heterocycles. The minimum absolute atomic E-state index is 0. The standard InChI is InChI=1S/C8H5F3O2.Li.H/c9-8(10,11)13-7(12)6-4-2-1-3-5-6;;/h1-5H;;. The molecule has 0 bridgehead atoms. The summed E-state index contributed by atoms with van der Waals surface area (Å²) < 4.78 is 37.8. The number of carbonyl (C=O) groups is 1. The van der Waals surface area contributed by atoms with Crippen molar-refractivity contribution in [1.82, 2.24) is 0 Å². The van der Waals surface area contributed by atoms with Gasteiger partial charge in [-0.3, -0.25) is 0 Å². The van der Waals surface area contributed by atoms with Crippen LogP contribution in [-0.2, 0) is 4.74 Å². The van der Waals surface area contributed by atoms with Gasteiger partial charge in [0, 0.05) is 0 Å². The molecule has 1 aromatic carbocycles. The zero-order chi connectivity index (χ0) is 9.90. The summed E-state index contributed by atoms with van der Waals surface area (Å²) in [5.74, 6) is -1.40. The number of alkyl halides is 3. The molecule has 0 N–H and O–H groups in total. The molecule has 0 saturated heterocycles. The van der Waals surface area contributed by atoms with Crippen LogP contribution in [0.2, 0.25) is 0 Å². The molecule has 0 atom stereocenters. The molecule has 0 aliphatic heterocycles. The van der Waals surface area contributed by atoms with Crippen LogP contribution in [0, 0.1) is 0 Å². The zero-order valence-electron chi connectivity index (χ0n) is 6.34. The van der Waals surface area contributed by atoms with Crippen molar-refractivity contribution in [3.63, 3.8) is 0 Å². The number of hydrogen-bond donors (Lipinski definition) is 0. The van der Waals surface area contributed by atoms with Gasteiger partial charge in [-0.05, 0) is 12.1 Å². The maximum atomic E-state index is 11.5. The van der Waals surface area contributed by atoms with Crippen LogP contribution in [0.5, 0.6) is 0 Å². The molecule has 6 heteroatoms. The number of esters is 1. The first-order chi connectivity index (χ1) is 5.99. The van der Waals surface area contributed by atoms with E-state index in [-0.39, 0.29) is 24.4 Å². The van der Waals surface area contributed by atoms with Crippen LogP contribution in [-0.4, -0.2) is 31.2 Å². The summed E-state index contributed by atoms with van der Waals surface area (Å²) in [5.41, 5.74) is -0.125. The minimum atomic E-state index is -4.92. The SMILES string of the molecule is O=C(OC(F)(F)F)c1ccccc1.[LiH]. The average Bonchev–Trinajstić information content (AvgIpc) is 2.03. The first-order valence-electron chi connectivity index (χ1n) is 3.34. The Morgan fingerprint density at radius 3 is 2.07 bits per heavy atom. The topological polar surface area (TPSA) is 26.3 Å². The van der Waals surface area contributed by atoms with Crippen LogP contribution in [0.3, 0.4) is 0 Å². The summed E-state index contributed by atoms with van der Waals surface area (Å²) in [7, 11) is 0. The van der Waals surface area contributed by atoms with Crippen molar-refractivity contribution in [2.24, 2.45) is 0 Å². The van der Waals surface area contributed by atoms with Crippen molar-refractivity contribution in [2.45, 2.75) is 6.36 Å². The molecule has 0 amide bonds. The van der Waals surface area contributed by atoms with Crippen LogP contribution >= 0.6 is 0 Å². The second-order valence-corrected chi connectivity index (χ2v) is 2.20. The van der Waals surface area contributed by atoms with Crippen LogP contribution in [0.15, 0.2) is 30.3 Å². The molecule has 0 aromatic heterocycles. The summed E-state index contributed by atoms with van der Waals surface area (Å²) in [6.07, 6.45) is -4.92. The molecular weight excluding hydrogens is 192 g/mol. The van der Waals surface area contributed by atoms with Gasteiger partial charge in [-0.25, -0.2) is 4.79 Å². The number of carbonyl (C=O) groups excluding carboxylic acids is 1. The molecule has 0 aliphatic rings. The molecule has 0 spiro atoms. The predicted molar refractivity (Wildman–Crippen MR) is 45.1 cm³/mol. The third kappa shape index (κ3) is 4.35. The summed E-state index contributed by atoms with van der Waals surface area (Å²) in [6, 6.07) is 6.98. The van der Waals surface area contributed by atoms with E-state index < -0.39 is 12.3 Å². The fourth-order valence-corrected chi connectivity index (χ4v) is 0.738. The van der Waals surface area contributed by atoms with Gasteiger partial charge in [0.25, 0.3) is 0 Å². The van der Waals surface area contributed by atoms with Crippen LogP contribution < -0.4 is 0 Å². The van der Waals surface area contributed by atoms with Gasteiger partial charge in [0.05, 0.1) is 5.56 Å². The van der Waals surface area contributed by atoms with Crippen molar-refractivity contribution in [2.75, 3.05) is 0 Å². The van der Waals surface area contributed by atoms with E-state index in [2.05, 4.69) is 4.74 Å². The number of hydrogen-bond acceptors (Lipinski definition) is 2. The van der Waals surface area contributed by atoms with Crippen molar-refractivity contribution in [3.8, 4) is 0 Å². The summed E-state index contributed by atoms with van der Waals surface area (Å²) in [4.78, 5) is 10.7. The van der Waals surface area contributed by atoms with Crippen molar-refractivity contribution >= 4 is 24.8 Å². The first kappa shape index (κ1) is 13.1. The number of halogens is 3. The Balaban J connectivity index is 0.00000169. The molecule has 14 heavy (non-hydrogen) atoms. The van der Waals surface area contributed by atoms with Gasteiger partial charge in [0.15, 0.2) is 0 Å². The van der Waals surface area contributed by atoms with Crippen molar-refractivity contribution in [1.29, 1.82) is 0 Å². The van der Waals surface area contributed by atoms with Crippen molar-refractivity contribution < 1.29 is 22.7 Å². The van der Waals surface area contributed by atoms with E-state index in [4.69, 9.17) is 0 Å². The van der Waals surface area contributed by atoms with Gasteiger partial charge < -0.3 is 4.74 Å². The Morgan fingerprint density at radius 1 is 1.14 bits per heavy atom. The number of rotatable bonds is 1. The fourth-order valence-electron chi connectivity index (χ4n) is 0.738. The molecule has 0 radical (unpaired) electrons. The van der Waals surface area contributed by atoms with E-state index in [1.54, 1.807) is 6.07 Å². The summed E-state index contributed by atoms with van der Waals surface area (Å²) >= 11 is 0. The van der Waals surface area contributed by atoms with E-state index in [0.717, 1.165) is 0 Å². The first-order valence-corrected chi connectivity index (χ1v) is 3.34. The Hall–Kier alpha value is -0.923. The fraction of sp³-hybridized carbons (Fsp3) is 0.125. The van der Waals surface area contributed by atoms with Gasteiger partial charge in [-0.15, -0.1) is 13.2 Å². The molecule has 0 saturated carbocycles. The van der Waals surface area contributed by atoms with E-state index in [1.807, 2.05) is 0 Å². The van der Waals surface area contributed by atoms with Crippen LogP contribution in [0.25, 0.3) is 0 Å². The Bertz CT molecular complexity index is 297. The molecule has 1 aromatic rings. The van der Waals surface area contributed by atoms with E-state index >= 15 is 0 Å². The quantitative estimate of drug-likeness (QED) is 0.507. The van der Waals surface area contributed by atoms with E-state index in [0.29, 0.717) is 0 Å². The van der Waals surface area contributed by atoms with Gasteiger partial charge in [-0.2, -0.15) is 0 Å². The summed E-state index contributed by atoms with van der Waals surface area (Å²) in [6.45, 7) is 0. The molecule has 2 nitrogen and oxygen atoms in total. The molecule has 0 aliphatic carbocycles. The van der Waals surface area contributed by atoms with Gasteiger partial charge in [-0.1, -0.05) is 18.2 Å². The Kier molecular flexibility index (Phi) is 4.75. The third-order valence-electron chi connectivity index (χ3n) is 1.22. The average molecular weight is 198 g/mol. The van der Waals surface area contributed by atoms with E-state index in [1.165, 1.54) is 24.3 Å². The third-order valence-corrected chi connectivity index (χ3v) is 1.22. The van der Waals surface area contributed by atoms with Gasteiger partial charge in [0.1, 0.15) is 0 Å². The Morgan fingerprint density at radius 2 is 1.64 bits per heavy atom. The molecule has 0 fully saturated rings. The van der Waals surface area contributed by atoms with Crippen LogP contribution in [0.1, 0.15) is 10.4 Å². The predicted octanol–water partition coefficient (Wildman–Crippen LogP) is 1.71. The maximum absolute atomic E-state index is 11.5. The number of benzene rings is 1. The molecule has 72 valence electrons. The molecule has 0 unspecified atom stereocenters. The second-order valence-electron chi connectivity index (χ2n) is 2.20. The number of ether oxygens (including phenoxy) is 1. The molecular formula is C8H6F3LiO2. The normalized spacial score (nSPS) is 10.2. The van der Waals surface area contributed by atoms with E-state index in [9.17, 15) is 18.0 Å². The van der Waals surface area contributed by atoms with Crippen molar-refractivity contribution in [3.05, 3.63) is 35.9 Å². The zero-order valence-corrected chi connectivity index (χ0v) is 6.34. The van der Waals surface area contributed by atoms with Crippen LogP contribution in [0.4, 0.5) is 13.2 Å².